The van der Waals surface area contributed by atoms with E-state index in [2.05, 4.69) is 51.4 Å². The highest BCUT2D eigenvalue weighted by molar-refractivity contribution is 9.10. The molecule has 0 aliphatic carbocycles. The molecule has 0 saturated heterocycles. The van der Waals surface area contributed by atoms with Crippen molar-refractivity contribution in [3.8, 4) is 0 Å². The Balaban J connectivity index is 2.08. The van der Waals surface area contributed by atoms with Crippen LogP contribution in [0.1, 0.15) is 11.1 Å². The molecule has 0 amide bonds. The highest BCUT2D eigenvalue weighted by atomic mass is 79.9. The fourth-order valence-corrected chi connectivity index (χ4v) is 1.96. The van der Waals surface area contributed by atoms with Crippen LogP contribution in [0.25, 0.3) is 0 Å². The van der Waals surface area contributed by atoms with E-state index < -0.39 is 0 Å². The average Bonchev–Trinajstić information content (AvgIpc) is 2.32. The summed E-state index contributed by atoms with van der Waals surface area (Å²) in [7, 11) is 0. The molecule has 0 bridgehead atoms. The topological polar surface area (TPSA) is 24.9 Å². The van der Waals surface area contributed by atoms with E-state index in [9.17, 15) is 0 Å². The van der Waals surface area contributed by atoms with Crippen molar-refractivity contribution in [1.82, 2.24) is 4.98 Å². The molecule has 0 saturated carbocycles. The van der Waals surface area contributed by atoms with Crippen LogP contribution in [0.4, 0.5) is 5.69 Å². The van der Waals surface area contributed by atoms with E-state index in [-0.39, 0.29) is 0 Å². The van der Waals surface area contributed by atoms with Gasteiger partial charge >= 0.3 is 0 Å². The van der Waals surface area contributed by atoms with Crippen molar-refractivity contribution >= 4 is 33.2 Å². The standard InChI is InChI=1S/C13H12BrClN2/c1-9-7-10(4-5-11(9)14)8-17-12-3-2-6-16-13(12)15/h2-7,17H,8H2,1H3. The van der Waals surface area contributed by atoms with Gasteiger partial charge in [-0.25, -0.2) is 4.98 Å². The normalized spacial score (nSPS) is 10.3. The van der Waals surface area contributed by atoms with E-state index >= 15 is 0 Å². The number of hydrogen-bond acceptors (Lipinski definition) is 2. The predicted octanol–water partition coefficient (Wildman–Crippen LogP) is 4.42. The SMILES string of the molecule is Cc1cc(CNc2cccnc2Cl)ccc1Br. The molecule has 1 heterocycles. The van der Waals surface area contributed by atoms with Crippen LogP contribution < -0.4 is 5.32 Å². The number of pyridine rings is 1. The van der Waals surface area contributed by atoms with Gasteiger partial charge in [0.05, 0.1) is 5.69 Å². The largest absolute Gasteiger partial charge is 0.378 e. The van der Waals surface area contributed by atoms with Crippen molar-refractivity contribution in [2.45, 2.75) is 13.5 Å². The third-order valence-corrected chi connectivity index (χ3v) is 3.66. The molecule has 1 aromatic carbocycles. The predicted molar refractivity (Wildman–Crippen MR) is 75.5 cm³/mol. The molecule has 17 heavy (non-hydrogen) atoms. The molecule has 0 unspecified atom stereocenters. The van der Waals surface area contributed by atoms with Gasteiger partial charge in [0, 0.05) is 17.2 Å². The fraction of sp³-hybridized carbons (Fsp3) is 0.154. The van der Waals surface area contributed by atoms with Gasteiger partial charge in [-0.15, -0.1) is 0 Å². The second-order valence-corrected chi connectivity index (χ2v) is 4.99. The number of benzene rings is 1. The maximum absolute atomic E-state index is 5.97. The Hall–Kier alpha value is -1.06. The third kappa shape index (κ3) is 3.20. The summed E-state index contributed by atoms with van der Waals surface area (Å²) in [4.78, 5) is 4.02. The van der Waals surface area contributed by atoms with Gasteiger partial charge in [-0.3, -0.25) is 0 Å². The van der Waals surface area contributed by atoms with Gasteiger partial charge in [-0.05, 0) is 36.2 Å². The zero-order valence-electron chi connectivity index (χ0n) is 9.37. The van der Waals surface area contributed by atoms with E-state index in [1.165, 1.54) is 11.1 Å². The molecule has 2 nitrogen and oxygen atoms in total. The molecule has 0 radical (unpaired) electrons. The first-order valence-electron chi connectivity index (χ1n) is 5.26. The number of rotatable bonds is 3. The van der Waals surface area contributed by atoms with Crippen molar-refractivity contribution in [1.29, 1.82) is 0 Å². The van der Waals surface area contributed by atoms with Crippen LogP contribution in [0, 0.1) is 6.92 Å². The first kappa shape index (κ1) is 12.4. The van der Waals surface area contributed by atoms with E-state index in [0.717, 1.165) is 16.7 Å². The molecular weight excluding hydrogens is 300 g/mol. The van der Waals surface area contributed by atoms with E-state index in [1.807, 2.05) is 12.1 Å². The maximum atomic E-state index is 5.97. The van der Waals surface area contributed by atoms with Gasteiger partial charge in [0.25, 0.3) is 0 Å². The van der Waals surface area contributed by atoms with Crippen LogP contribution in [-0.2, 0) is 6.54 Å². The number of nitrogens with one attached hydrogen (secondary N) is 1. The van der Waals surface area contributed by atoms with Gasteiger partial charge in [0.2, 0.25) is 0 Å². The number of hydrogen-bond donors (Lipinski definition) is 1. The lowest BCUT2D eigenvalue weighted by Crippen LogP contribution is -2.00. The smallest absolute Gasteiger partial charge is 0.152 e. The van der Waals surface area contributed by atoms with Crippen molar-refractivity contribution in [2.24, 2.45) is 0 Å². The molecular formula is C13H12BrClN2. The lowest BCUT2D eigenvalue weighted by molar-refractivity contribution is 1.13. The van der Waals surface area contributed by atoms with Crippen molar-refractivity contribution in [3.63, 3.8) is 0 Å². The van der Waals surface area contributed by atoms with E-state index in [1.54, 1.807) is 6.20 Å². The van der Waals surface area contributed by atoms with E-state index in [0.29, 0.717) is 5.15 Å². The summed E-state index contributed by atoms with van der Waals surface area (Å²) in [5, 5.41) is 3.77. The van der Waals surface area contributed by atoms with Crippen LogP contribution in [0.2, 0.25) is 5.15 Å². The highest BCUT2D eigenvalue weighted by Crippen LogP contribution is 2.20. The Bertz CT molecular complexity index is 529. The van der Waals surface area contributed by atoms with Crippen molar-refractivity contribution in [2.75, 3.05) is 5.32 Å². The summed E-state index contributed by atoms with van der Waals surface area (Å²) >= 11 is 9.45. The Morgan fingerprint density at radius 1 is 1.35 bits per heavy atom. The molecule has 2 aromatic rings. The molecule has 0 fully saturated rings. The highest BCUT2D eigenvalue weighted by Gasteiger charge is 2.01. The fourth-order valence-electron chi connectivity index (χ4n) is 1.53. The van der Waals surface area contributed by atoms with Crippen molar-refractivity contribution in [3.05, 3.63) is 57.3 Å². The number of aryl methyl sites for hydroxylation is 1. The van der Waals surface area contributed by atoms with E-state index in [4.69, 9.17) is 11.6 Å². The first-order chi connectivity index (χ1) is 8.16. The second-order valence-electron chi connectivity index (χ2n) is 3.78. The number of aromatic nitrogens is 1. The monoisotopic (exact) mass is 310 g/mol. The Labute approximate surface area is 114 Å². The molecule has 0 aliphatic heterocycles. The Morgan fingerprint density at radius 3 is 2.88 bits per heavy atom. The average molecular weight is 312 g/mol. The third-order valence-electron chi connectivity index (χ3n) is 2.46. The quantitative estimate of drug-likeness (QED) is 0.849. The molecule has 4 heteroatoms. The molecule has 1 aromatic heterocycles. The summed E-state index contributed by atoms with van der Waals surface area (Å²) in [6, 6.07) is 10.1. The number of anilines is 1. The number of halogens is 2. The van der Waals surface area contributed by atoms with Gasteiger partial charge in [0.15, 0.2) is 5.15 Å². The lowest BCUT2D eigenvalue weighted by Gasteiger charge is -2.08. The van der Waals surface area contributed by atoms with Crippen LogP contribution >= 0.6 is 27.5 Å². The zero-order valence-corrected chi connectivity index (χ0v) is 11.7. The Kier molecular flexibility index (Phi) is 4.02. The molecule has 2 rings (SSSR count). The molecule has 0 spiro atoms. The van der Waals surface area contributed by atoms with Crippen LogP contribution in [-0.4, -0.2) is 4.98 Å². The summed E-state index contributed by atoms with van der Waals surface area (Å²) in [6.07, 6.45) is 1.68. The molecule has 1 N–H and O–H groups in total. The minimum absolute atomic E-state index is 0.501. The van der Waals surface area contributed by atoms with Gasteiger partial charge in [-0.1, -0.05) is 39.7 Å². The van der Waals surface area contributed by atoms with Crippen LogP contribution in [0.3, 0.4) is 0 Å². The summed E-state index contributed by atoms with van der Waals surface area (Å²) in [6.45, 7) is 2.81. The maximum Gasteiger partial charge on any atom is 0.152 e. The minimum atomic E-state index is 0.501. The second kappa shape index (κ2) is 5.52. The molecule has 0 atom stereocenters. The van der Waals surface area contributed by atoms with Crippen LogP contribution in [0.15, 0.2) is 41.0 Å². The summed E-state index contributed by atoms with van der Waals surface area (Å²) < 4.78 is 1.13. The number of nitrogens with zero attached hydrogens (tertiary/aromatic N) is 1. The minimum Gasteiger partial charge on any atom is -0.378 e. The Morgan fingerprint density at radius 2 is 2.18 bits per heavy atom. The van der Waals surface area contributed by atoms with Gasteiger partial charge in [0.1, 0.15) is 0 Å². The molecule has 0 aliphatic rings. The van der Waals surface area contributed by atoms with Crippen molar-refractivity contribution < 1.29 is 0 Å². The summed E-state index contributed by atoms with van der Waals surface area (Å²) in [5.41, 5.74) is 3.29. The lowest BCUT2D eigenvalue weighted by atomic mass is 10.1. The van der Waals surface area contributed by atoms with Gasteiger partial charge in [-0.2, -0.15) is 0 Å². The first-order valence-corrected chi connectivity index (χ1v) is 6.43. The van der Waals surface area contributed by atoms with Gasteiger partial charge < -0.3 is 5.32 Å². The van der Waals surface area contributed by atoms with Crippen LogP contribution in [0.5, 0.6) is 0 Å². The molecule has 88 valence electrons. The zero-order chi connectivity index (χ0) is 12.3. The summed E-state index contributed by atoms with van der Waals surface area (Å²) in [5.74, 6) is 0.